The van der Waals surface area contributed by atoms with Crippen molar-refractivity contribution in [2.45, 2.75) is 52.0 Å². The van der Waals surface area contributed by atoms with Crippen LogP contribution < -0.4 is 0 Å². The van der Waals surface area contributed by atoms with E-state index in [1.165, 1.54) is 6.66 Å². The fourth-order valence-corrected chi connectivity index (χ4v) is 0. The third-order valence-electron chi connectivity index (χ3n) is 0. The summed E-state index contributed by atoms with van der Waals surface area (Å²) in [7, 11) is -0.417. The highest BCUT2D eigenvalue weighted by Crippen LogP contribution is 1.97. The van der Waals surface area contributed by atoms with Crippen LogP contribution in [0.4, 0.5) is 4.20 Å². The van der Waals surface area contributed by atoms with Gasteiger partial charge in [0.1, 0.15) is 0 Å². The maximum atomic E-state index is 10.3. The van der Waals surface area contributed by atoms with Gasteiger partial charge in [-0.3, -0.25) is 0 Å². The van der Waals surface area contributed by atoms with Gasteiger partial charge in [0.15, 0.2) is 0 Å². The van der Waals surface area contributed by atoms with Crippen molar-refractivity contribution in [1.82, 2.24) is 0 Å². The molecule has 0 radical (unpaired) electrons. The maximum absolute atomic E-state index is 10.3. The first-order chi connectivity index (χ1) is 1.41. The molecule has 0 aromatic rings. The molecule has 76 valence electrons. The Bertz CT molecular complexity index is 9.22. The second-order valence-corrected chi connectivity index (χ2v) is 0.567. The molecule has 0 rings (SSSR count). The summed E-state index contributed by atoms with van der Waals surface area (Å²) in [4.78, 5) is 0. The molecule has 0 N–H and O–H groups in total. The highest BCUT2D eigenvalue weighted by molar-refractivity contribution is 7.30. The summed E-state index contributed by atoms with van der Waals surface area (Å²) in [5.41, 5.74) is 0. The summed E-state index contributed by atoms with van der Waals surface area (Å²) in [5.74, 6) is 0. The summed E-state index contributed by atoms with van der Waals surface area (Å²) in [6.07, 6.45) is 0. The Morgan fingerprint density at radius 1 is 0.700 bits per heavy atom. The standard InChI is InChI=1S/CH4FP.7CH4/c1-3-2;;;;;;;/h3H,1H3;7*1H4. The van der Waals surface area contributed by atoms with Crippen molar-refractivity contribution >= 4 is 8.89 Å². The van der Waals surface area contributed by atoms with Crippen molar-refractivity contribution in [2.75, 3.05) is 6.66 Å². The van der Waals surface area contributed by atoms with Crippen LogP contribution in [0.25, 0.3) is 0 Å². The Morgan fingerprint density at radius 3 is 0.700 bits per heavy atom. The van der Waals surface area contributed by atoms with Gasteiger partial charge in [-0.05, 0) is 6.66 Å². The smallest absolute Gasteiger partial charge is 0.0639 e. The van der Waals surface area contributed by atoms with Crippen molar-refractivity contribution in [3.8, 4) is 0 Å². The largest absolute Gasteiger partial charge is 0.231 e. The monoisotopic (exact) mass is 178 g/mol. The van der Waals surface area contributed by atoms with Crippen molar-refractivity contribution in [3.63, 3.8) is 0 Å². The van der Waals surface area contributed by atoms with Crippen LogP contribution in [0.15, 0.2) is 0 Å². The van der Waals surface area contributed by atoms with Crippen molar-refractivity contribution < 1.29 is 4.20 Å². The highest BCUT2D eigenvalue weighted by atomic mass is 31.1. The summed E-state index contributed by atoms with van der Waals surface area (Å²) < 4.78 is 10.3. The first-order valence-electron chi connectivity index (χ1n) is 0.689. The van der Waals surface area contributed by atoms with E-state index in [-0.39, 0.29) is 52.0 Å². The fraction of sp³-hybridized carbons (Fsp3) is 1.00. The van der Waals surface area contributed by atoms with Crippen LogP contribution in [0, 0.1) is 0 Å². The highest BCUT2D eigenvalue weighted by Gasteiger charge is 1.39. The van der Waals surface area contributed by atoms with Crippen molar-refractivity contribution in [2.24, 2.45) is 0 Å². The van der Waals surface area contributed by atoms with E-state index in [4.69, 9.17) is 0 Å². The minimum Gasteiger partial charge on any atom is -0.231 e. The zero-order valence-corrected chi connectivity index (χ0v) is 2.88. The minimum atomic E-state index is -0.417. The van der Waals surface area contributed by atoms with E-state index in [0.29, 0.717) is 0 Å². The lowest BCUT2D eigenvalue weighted by atomic mass is 12.0. The quantitative estimate of drug-likeness (QED) is 0.421. The van der Waals surface area contributed by atoms with Gasteiger partial charge in [-0.25, -0.2) is 4.20 Å². The third kappa shape index (κ3) is 3490. The molecule has 0 amide bonds. The van der Waals surface area contributed by atoms with Crippen molar-refractivity contribution in [3.05, 3.63) is 0 Å². The zero-order valence-electron chi connectivity index (χ0n) is 1.88. The second kappa shape index (κ2) is 354. The fourth-order valence-electron chi connectivity index (χ4n) is 0. The molecule has 0 nitrogen and oxygen atoms in total. The lowest BCUT2D eigenvalue weighted by Gasteiger charge is -1.45. The molecular formula is C8H32FP. The molecule has 0 bridgehead atoms. The van der Waals surface area contributed by atoms with Gasteiger partial charge < -0.3 is 0 Å². The molecule has 0 spiro atoms. The lowest BCUT2D eigenvalue weighted by Crippen LogP contribution is -1.03. The molecule has 0 saturated heterocycles. The van der Waals surface area contributed by atoms with Gasteiger partial charge in [0.2, 0.25) is 0 Å². The van der Waals surface area contributed by atoms with Crippen molar-refractivity contribution in [1.29, 1.82) is 0 Å². The topological polar surface area (TPSA) is 0 Å². The molecule has 0 saturated carbocycles. The number of rotatable bonds is 0. The molecule has 1 atom stereocenters. The minimum absolute atomic E-state index is 0. The lowest BCUT2D eigenvalue weighted by molar-refractivity contribution is 0.925. The molecule has 10 heavy (non-hydrogen) atoms. The van der Waals surface area contributed by atoms with E-state index in [2.05, 4.69) is 0 Å². The third-order valence-corrected chi connectivity index (χ3v) is 0. The van der Waals surface area contributed by atoms with E-state index in [9.17, 15) is 4.20 Å². The Kier molecular flexibility index (Phi) is 5760. The van der Waals surface area contributed by atoms with Gasteiger partial charge in [0, 0.05) is 0 Å². The Balaban J connectivity index is -0.000000000952. The number of halogens is 1. The molecule has 0 heterocycles. The van der Waals surface area contributed by atoms with Crippen LogP contribution in [0.3, 0.4) is 0 Å². The average molecular weight is 178 g/mol. The molecule has 0 aliphatic rings. The van der Waals surface area contributed by atoms with Gasteiger partial charge in [-0.2, -0.15) is 0 Å². The van der Waals surface area contributed by atoms with Crippen LogP contribution >= 0.6 is 8.89 Å². The van der Waals surface area contributed by atoms with Crippen LogP contribution in [-0.2, 0) is 0 Å². The normalized spacial score (nSPS) is 3.00. The van der Waals surface area contributed by atoms with E-state index in [1.807, 2.05) is 0 Å². The summed E-state index contributed by atoms with van der Waals surface area (Å²) >= 11 is 0. The first kappa shape index (κ1) is 163. The van der Waals surface area contributed by atoms with E-state index in [0.717, 1.165) is 0 Å². The molecule has 0 fully saturated rings. The Hall–Kier alpha value is 0.360. The predicted molar refractivity (Wildman–Crippen MR) is 62.5 cm³/mol. The first-order valence-corrected chi connectivity index (χ1v) is 2.07. The van der Waals surface area contributed by atoms with Gasteiger partial charge in [0.05, 0.1) is 8.89 Å². The molecule has 0 aliphatic heterocycles. The maximum Gasteiger partial charge on any atom is 0.0639 e. The van der Waals surface area contributed by atoms with Gasteiger partial charge in [0.25, 0.3) is 0 Å². The molecule has 0 aromatic heterocycles. The van der Waals surface area contributed by atoms with Crippen LogP contribution in [0.2, 0.25) is 0 Å². The molecule has 2 heteroatoms. The molecule has 0 aromatic carbocycles. The number of hydrogen-bond acceptors (Lipinski definition) is 0. The summed E-state index contributed by atoms with van der Waals surface area (Å²) in [6, 6.07) is 0. The van der Waals surface area contributed by atoms with Gasteiger partial charge >= 0.3 is 0 Å². The average Bonchev–Trinajstić information content (AvgIpc) is 0.918. The molecular weight excluding hydrogens is 146 g/mol. The van der Waals surface area contributed by atoms with Gasteiger partial charge in [-0.1, -0.05) is 52.0 Å². The molecule has 1 unspecified atom stereocenters. The van der Waals surface area contributed by atoms with E-state index in [1.54, 1.807) is 0 Å². The Morgan fingerprint density at radius 2 is 0.700 bits per heavy atom. The zero-order chi connectivity index (χ0) is 2.71. The van der Waals surface area contributed by atoms with Crippen LogP contribution in [0.1, 0.15) is 52.0 Å². The number of hydrogen-bond donors (Lipinski definition) is 0. The SMILES string of the molecule is C.C.C.C.C.C.C.CPF. The Labute approximate surface area is 72.5 Å². The summed E-state index contributed by atoms with van der Waals surface area (Å²) in [5, 5.41) is 0. The molecule has 0 aliphatic carbocycles. The second-order valence-electron chi connectivity index (χ2n) is 0.189. The van der Waals surface area contributed by atoms with Gasteiger partial charge in [-0.15, -0.1) is 0 Å². The van der Waals surface area contributed by atoms with Crippen LogP contribution in [0.5, 0.6) is 0 Å². The van der Waals surface area contributed by atoms with E-state index < -0.39 is 8.89 Å². The van der Waals surface area contributed by atoms with E-state index >= 15 is 0 Å². The van der Waals surface area contributed by atoms with Crippen LogP contribution in [-0.4, -0.2) is 6.66 Å². The summed E-state index contributed by atoms with van der Waals surface area (Å²) in [6.45, 7) is 1.49. The predicted octanol–water partition coefficient (Wildman–Crippen LogP) is 5.63.